The highest BCUT2D eigenvalue weighted by atomic mass is 32.1. The van der Waals surface area contributed by atoms with Crippen LogP contribution in [0.25, 0.3) is 10.4 Å². The highest BCUT2D eigenvalue weighted by Gasteiger charge is 2.01. The van der Waals surface area contributed by atoms with E-state index in [1.54, 1.807) is 11.3 Å². The average Bonchev–Trinajstić information content (AvgIpc) is 2.71. The monoisotopic (exact) mass is 219 g/mol. The van der Waals surface area contributed by atoms with Crippen LogP contribution < -0.4 is 5.32 Å². The quantitative estimate of drug-likeness (QED) is 0.862. The molecule has 2 aromatic heterocycles. The second-order valence-electron chi connectivity index (χ2n) is 3.57. The normalized spacial score (nSPS) is 10.6. The second kappa shape index (κ2) is 4.40. The molecule has 0 saturated heterocycles. The summed E-state index contributed by atoms with van der Waals surface area (Å²) >= 11 is 1.70. The molecule has 0 atom stereocenters. The molecular formula is C11H13N3S. The van der Waals surface area contributed by atoms with Crippen molar-refractivity contribution in [3.63, 3.8) is 0 Å². The molecule has 0 spiro atoms. The fourth-order valence-corrected chi connectivity index (χ4v) is 1.93. The van der Waals surface area contributed by atoms with E-state index in [0.29, 0.717) is 12.0 Å². The molecule has 0 aromatic carbocycles. The molecule has 2 rings (SSSR count). The van der Waals surface area contributed by atoms with Crippen LogP contribution in [0.3, 0.4) is 0 Å². The first-order valence-electron chi connectivity index (χ1n) is 4.88. The fraction of sp³-hybridized carbons (Fsp3) is 0.273. The molecule has 0 aliphatic carbocycles. The lowest BCUT2D eigenvalue weighted by Crippen LogP contribution is -2.12. The van der Waals surface area contributed by atoms with Crippen molar-refractivity contribution in [2.45, 2.75) is 19.9 Å². The molecule has 0 unspecified atom stereocenters. The van der Waals surface area contributed by atoms with Crippen LogP contribution in [0.4, 0.5) is 5.95 Å². The average molecular weight is 219 g/mol. The fourth-order valence-electron chi connectivity index (χ4n) is 1.23. The Morgan fingerprint density at radius 1 is 1.27 bits per heavy atom. The van der Waals surface area contributed by atoms with Gasteiger partial charge >= 0.3 is 0 Å². The molecule has 15 heavy (non-hydrogen) atoms. The molecule has 0 bridgehead atoms. The van der Waals surface area contributed by atoms with Crippen LogP contribution in [0.1, 0.15) is 13.8 Å². The molecule has 0 radical (unpaired) electrons. The van der Waals surface area contributed by atoms with Crippen molar-refractivity contribution < 1.29 is 0 Å². The summed E-state index contributed by atoms with van der Waals surface area (Å²) in [4.78, 5) is 9.72. The highest BCUT2D eigenvalue weighted by molar-refractivity contribution is 7.13. The van der Waals surface area contributed by atoms with Gasteiger partial charge in [-0.05, 0) is 25.3 Å². The Labute approximate surface area is 93.2 Å². The van der Waals surface area contributed by atoms with E-state index in [4.69, 9.17) is 0 Å². The lowest BCUT2D eigenvalue weighted by atomic mass is 10.3. The van der Waals surface area contributed by atoms with E-state index in [2.05, 4.69) is 40.6 Å². The van der Waals surface area contributed by atoms with E-state index in [0.717, 1.165) is 5.56 Å². The first kappa shape index (κ1) is 10.1. The maximum absolute atomic E-state index is 4.26. The number of rotatable bonds is 3. The van der Waals surface area contributed by atoms with Crippen LogP contribution in [-0.2, 0) is 0 Å². The largest absolute Gasteiger partial charge is 0.352 e. The molecule has 3 nitrogen and oxygen atoms in total. The highest BCUT2D eigenvalue weighted by Crippen LogP contribution is 2.23. The van der Waals surface area contributed by atoms with Crippen LogP contribution in [0, 0.1) is 0 Å². The predicted molar refractivity (Wildman–Crippen MR) is 64.1 cm³/mol. The van der Waals surface area contributed by atoms with Crippen molar-refractivity contribution in [3.05, 3.63) is 29.9 Å². The SMILES string of the molecule is CC(C)Nc1ncc(-c2cccs2)cn1. The number of aromatic nitrogens is 2. The van der Waals surface area contributed by atoms with Gasteiger partial charge in [0.2, 0.25) is 5.95 Å². The molecule has 0 fully saturated rings. The summed E-state index contributed by atoms with van der Waals surface area (Å²) in [6.07, 6.45) is 3.70. The third-order valence-corrected chi connectivity index (χ3v) is 2.79. The van der Waals surface area contributed by atoms with Gasteiger partial charge in [0, 0.05) is 28.9 Å². The van der Waals surface area contributed by atoms with Crippen molar-refractivity contribution >= 4 is 17.3 Å². The smallest absolute Gasteiger partial charge is 0.222 e. The Kier molecular flexibility index (Phi) is 2.97. The van der Waals surface area contributed by atoms with Crippen LogP contribution in [0.2, 0.25) is 0 Å². The van der Waals surface area contributed by atoms with Gasteiger partial charge in [-0.25, -0.2) is 9.97 Å². The zero-order valence-corrected chi connectivity index (χ0v) is 9.58. The molecule has 78 valence electrons. The minimum Gasteiger partial charge on any atom is -0.352 e. The molecule has 1 N–H and O–H groups in total. The summed E-state index contributed by atoms with van der Waals surface area (Å²) < 4.78 is 0. The molecule has 2 heterocycles. The summed E-state index contributed by atoms with van der Waals surface area (Å²) in [5, 5.41) is 5.21. The van der Waals surface area contributed by atoms with Crippen LogP contribution >= 0.6 is 11.3 Å². The van der Waals surface area contributed by atoms with Crippen LogP contribution in [0.15, 0.2) is 29.9 Å². The predicted octanol–water partition coefficient (Wildman–Crippen LogP) is 3.03. The van der Waals surface area contributed by atoms with E-state index in [9.17, 15) is 0 Å². The van der Waals surface area contributed by atoms with Gasteiger partial charge in [0.05, 0.1) is 0 Å². The van der Waals surface area contributed by atoms with Crippen LogP contribution in [0.5, 0.6) is 0 Å². The van der Waals surface area contributed by atoms with Gasteiger partial charge in [-0.15, -0.1) is 11.3 Å². The minimum atomic E-state index is 0.359. The lowest BCUT2D eigenvalue weighted by Gasteiger charge is -2.07. The van der Waals surface area contributed by atoms with E-state index < -0.39 is 0 Å². The molecular weight excluding hydrogens is 206 g/mol. The number of anilines is 1. The molecule has 0 amide bonds. The molecule has 0 aliphatic rings. The zero-order valence-electron chi connectivity index (χ0n) is 8.77. The van der Waals surface area contributed by atoms with Crippen molar-refractivity contribution in [1.82, 2.24) is 9.97 Å². The standard InChI is InChI=1S/C11H13N3S/c1-8(2)14-11-12-6-9(7-13-11)10-4-3-5-15-10/h3-8H,1-2H3,(H,12,13,14). The molecule has 0 saturated carbocycles. The van der Waals surface area contributed by atoms with Crippen LogP contribution in [-0.4, -0.2) is 16.0 Å². The third-order valence-electron chi connectivity index (χ3n) is 1.88. The summed E-state index contributed by atoms with van der Waals surface area (Å²) in [6.45, 7) is 4.13. The number of nitrogens with one attached hydrogen (secondary N) is 1. The minimum absolute atomic E-state index is 0.359. The van der Waals surface area contributed by atoms with Gasteiger partial charge in [-0.2, -0.15) is 0 Å². The van der Waals surface area contributed by atoms with E-state index >= 15 is 0 Å². The third kappa shape index (κ3) is 2.53. The van der Waals surface area contributed by atoms with Gasteiger partial charge in [-0.3, -0.25) is 0 Å². The summed E-state index contributed by atoms with van der Waals surface area (Å²) in [6, 6.07) is 4.46. The Bertz CT molecular complexity index is 406. The van der Waals surface area contributed by atoms with Gasteiger partial charge in [0.15, 0.2) is 0 Å². The number of hydrogen-bond donors (Lipinski definition) is 1. The maximum Gasteiger partial charge on any atom is 0.222 e. The maximum atomic E-state index is 4.26. The Balaban J connectivity index is 2.17. The molecule has 0 aliphatic heterocycles. The zero-order chi connectivity index (χ0) is 10.7. The topological polar surface area (TPSA) is 37.8 Å². The van der Waals surface area contributed by atoms with E-state index in [1.165, 1.54) is 4.88 Å². The van der Waals surface area contributed by atoms with Crippen molar-refractivity contribution in [3.8, 4) is 10.4 Å². The number of hydrogen-bond acceptors (Lipinski definition) is 4. The van der Waals surface area contributed by atoms with Crippen molar-refractivity contribution in [1.29, 1.82) is 0 Å². The molecule has 2 aromatic rings. The Morgan fingerprint density at radius 3 is 2.53 bits per heavy atom. The first-order chi connectivity index (χ1) is 7.25. The second-order valence-corrected chi connectivity index (χ2v) is 4.52. The van der Waals surface area contributed by atoms with Crippen molar-refractivity contribution in [2.75, 3.05) is 5.32 Å². The van der Waals surface area contributed by atoms with E-state index in [1.807, 2.05) is 18.5 Å². The Morgan fingerprint density at radius 2 is 2.00 bits per heavy atom. The van der Waals surface area contributed by atoms with Gasteiger partial charge in [0.25, 0.3) is 0 Å². The number of thiophene rings is 1. The summed E-state index contributed by atoms with van der Waals surface area (Å²) in [5.41, 5.74) is 1.07. The first-order valence-corrected chi connectivity index (χ1v) is 5.76. The number of nitrogens with zero attached hydrogens (tertiary/aromatic N) is 2. The lowest BCUT2D eigenvalue weighted by molar-refractivity contribution is 0.874. The Hall–Kier alpha value is -1.42. The van der Waals surface area contributed by atoms with Gasteiger partial charge in [0.1, 0.15) is 0 Å². The van der Waals surface area contributed by atoms with Gasteiger partial charge < -0.3 is 5.32 Å². The summed E-state index contributed by atoms with van der Waals surface area (Å²) in [5.74, 6) is 0.685. The van der Waals surface area contributed by atoms with Gasteiger partial charge in [-0.1, -0.05) is 6.07 Å². The molecule has 4 heteroatoms. The van der Waals surface area contributed by atoms with E-state index in [-0.39, 0.29) is 0 Å². The van der Waals surface area contributed by atoms with Crippen molar-refractivity contribution in [2.24, 2.45) is 0 Å². The summed E-state index contributed by atoms with van der Waals surface area (Å²) in [7, 11) is 0.